The zero-order chi connectivity index (χ0) is 25.5. The van der Waals surface area contributed by atoms with Crippen LogP contribution in [0.15, 0.2) is 60.7 Å². The lowest BCUT2D eigenvalue weighted by molar-refractivity contribution is -0.274. The minimum absolute atomic E-state index is 0.0562. The lowest BCUT2D eigenvalue weighted by Gasteiger charge is -2.29. The van der Waals surface area contributed by atoms with Crippen molar-refractivity contribution in [1.29, 1.82) is 0 Å². The largest absolute Gasteiger partial charge is 0.573 e. The van der Waals surface area contributed by atoms with Crippen molar-refractivity contribution in [3.63, 3.8) is 0 Å². The number of aromatic nitrogens is 2. The quantitative estimate of drug-likeness (QED) is 0.439. The van der Waals surface area contributed by atoms with Gasteiger partial charge in [0.2, 0.25) is 5.88 Å². The molecule has 0 aliphatic heterocycles. The highest BCUT2D eigenvalue weighted by atomic mass is 19.4. The minimum atomic E-state index is -4.84. The summed E-state index contributed by atoms with van der Waals surface area (Å²) in [6.07, 6.45) is -2.16. The van der Waals surface area contributed by atoms with Gasteiger partial charge in [0, 0.05) is 23.7 Å². The third kappa shape index (κ3) is 7.00. The number of halogens is 3. The van der Waals surface area contributed by atoms with E-state index in [1.165, 1.54) is 13.2 Å². The van der Waals surface area contributed by atoms with Crippen LogP contribution in [0.3, 0.4) is 0 Å². The van der Waals surface area contributed by atoms with Crippen molar-refractivity contribution in [2.45, 2.75) is 44.2 Å². The first-order chi connectivity index (χ1) is 17.3. The third-order valence-electron chi connectivity index (χ3n) is 5.66. The normalized spacial score (nSPS) is 17.7. The number of methoxy groups -OCH3 is 1. The van der Waals surface area contributed by atoms with Gasteiger partial charge in [-0.3, -0.25) is 0 Å². The van der Waals surface area contributed by atoms with E-state index in [4.69, 9.17) is 9.47 Å². The van der Waals surface area contributed by atoms with Gasteiger partial charge in [-0.1, -0.05) is 30.3 Å². The number of nitrogens with one attached hydrogen (secondary N) is 2. The number of carbonyl (C=O) groups is 1. The fourth-order valence-corrected chi connectivity index (χ4v) is 3.97. The molecule has 190 valence electrons. The average molecular weight is 502 g/mol. The van der Waals surface area contributed by atoms with Gasteiger partial charge in [-0.05, 0) is 43.9 Å². The van der Waals surface area contributed by atoms with Crippen LogP contribution in [0.25, 0.3) is 11.3 Å². The SMILES string of the molecule is COc1ccc(OC(F)(F)F)cc1NC(=O)NC1CCC(Oc2ccc(-c3ccccc3)nn2)CC1. The van der Waals surface area contributed by atoms with Gasteiger partial charge in [0.25, 0.3) is 0 Å². The van der Waals surface area contributed by atoms with Crippen LogP contribution in [-0.4, -0.2) is 41.8 Å². The molecule has 0 radical (unpaired) electrons. The summed E-state index contributed by atoms with van der Waals surface area (Å²) in [5.74, 6) is 0.184. The Balaban J connectivity index is 1.26. The van der Waals surface area contributed by atoms with Crippen LogP contribution in [0.1, 0.15) is 25.7 Å². The molecule has 0 saturated heterocycles. The number of urea groups is 1. The molecule has 0 bridgehead atoms. The predicted molar refractivity (Wildman–Crippen MR) is 126 cm³/mol. The molecule has 0 unspecified atom stereocenters. The van der Waals surface area contributed by atoms with Crippen molar-refractivity contribution >= 4 is 11.7 Å². The summed E-state index contributed by atoms with van der Waals surface area (Å²) in [6.45, 7) is 0. The van der Waals surface area contributed by atoms with Crippen molar-refractivity contribution in [2.75, 3.05) is 12.4 Å². The lowest BCUT2D eigenvalue weighted by atomic mass is 9.93. The number of hydrogen-bond acceptors (Lipinski definition) is 6. The molecule has 3 aromatic rings. The number of nitrogens with zero attached hydrogens (tertiary/aromatic N) is 2. The van der Waals surface area contributed by atoms with E-state index in [9.17, 15) is 18.0 Å². The van der Waals surface area contributed by atoms with Crippen LogP contribution in [-0.2, 0) is 0 Å². The summed E-state index contributed by atoms with van der Waals surface area (Å²) in [5.41, 5.74) is 1.79. The second-order valence-electron chi connectivity index (χ2n) is 8.22. The fourth-order valence-electron chi connectivity index (χ4n) is 3.97. The Kier molecular flexibility index (Phi) is 7.77. The predicted octanol–water partition coefficient (Wildman–Crippen LogP) is 5.56. The van der Waals surface area contributed by atoms with E-state index in [0.717, 1.165) is 23.4 Å². The summed E-state index contributed by atoms with van der Waals surface area (Å²) in [5, 5.41) is 13.8. The van der Waals surface area contributed by atoms with Crippen LogP contribution in [0.2, 0.25) is 0 Å². The fraction of sp³-hybridized carbons (Fsp3) is 0.320. The van der Waals surface area contributed by atoms with Gasteiger partial charge in [0.15, 0.2) is 0 Å². The third-order valence-corrected chi connectivity index (χ3v) is 5.66. The van der Waals surface area contributed by atoms with Gasteiger partial charge in [0.1, 0.15) is 17.6 Å². The van der Waals surface area contributed by atoms with Crippen LogP contribution >= 0.6 is 0 Å². The summed E-state index contributed by atoms with van der Waals surface area (Å²) in [7, 11) is 1.35. The van der Waals surface area contributed by atoms with E-state index in [1.54, 1.807) is 6.07 Å². The van der Waals surface area contributed by atoms with Gasteiger partial charge in [-0.25, -0.2) is 4.79 Å². The van der Waals surface area contributed by atoms with Gasteiger partial charge < -0.3 is 24.8 Å². The summed E-state index contributed by atoms with van der Waals surface area (Å²) < 4.78 is 52.5. The summed E-state index contributed by atoms with van der Waals surface area (Å²) >= 11 is 0. The van der Waals surface area contributed by atoms with E-state index < -0.39 is 18.1 Å². The van der Waals surface area contributed by atoms with Crippen molar-refractivity contribution in [2.24, 2.45) is 0 Å². The number of rotatable bonds is 7. The van der Waals surface area contributed by atoms with E-state index in [1.807, 2.05) is 36.4 Å². The number of amides is 2. The van der Waals surface area contributed by atoms with Crippen molar-refractivity contribution in [3.8, 4) is 28.6 Å². The van der Waals surface area contributed by atoms with Crippen LogP contribution in [0, 0.1) is 0 Å². The molecule has 1 saturated carbocycles. The molecule has 2 aromatic carbocycles. The van der Waals surface area contributed by atoms with E-state index in [2.05, 4.69) is 25.6 Å². The topological polar surface area (TPSA) is 94.6 Å². The maximum atomic E-state index is 12.5. The Morgan fingerprint density at radius 3 is 2.36 bits per heavy atom. The minimum Gasteiger partial charge on any atom is -0.495 e. The maximum Gasteiger partial charge on any atom is 0.573 e. The van der Waals surface area contributed by atoms with Crippen molar-refractivity contribution in [3.05, 3.63) is 60.7 Å². The zero-order valence-corrected chi connectivity index (χ0v) is 19.4. The first-order valence-electron chi connectivity index (χ1n) is 11.4. The molecule has 4 rings (SSSR count). The second kappa shape index (κ2) is 11.1. The first-order valence-corrected chi connectivity index (χ1v) is 11.4. The zero-order valence-electron chi connectivity index (χ0n) is 19.4. The number of benzene rings is 2. The Morgan fingerprint density at radius 1 is 0.972 bits per heavy atom. The molecule has 0 atom stereocenters. The Morgan fingerprint density at radius 2 is 1.72 bits per heavy atom. The highest BCUT2D eigenvalue weighted by molar-refractivity contribution is 5.91. The molecule has 1 fully saturated rings. The molecular weight excluding hydrogens is 477 g/mol. The van der Waals surface area contributed by atoms with Crippen LogP contribution < -0.4 is 24.8 Å². The number of anilines is 1. The highest BCUT2D eigenvalue weighted by Gasteiger charge is 2.31. The van der Waals surface area contributed by atoms with Gasteiger partial charge in [-0.2, -0.15) is 0 Å². The van der Waals surface area contributed by atoms with Crippen molar-refractivity contribution in [1.82, 2.24) is 15.5 Å². The molecule has 1 heterocycles. The van der Waals surface area contributed by atoms with E-state index in [0.29, 0.717) is 31.6 Å². The number of ether oxygens (including phenoxy) is 3. The van der Waals surface area contributed by atoms with Gasteiger partial charge in [0.05, 0.1) is 18.5 Å². The van der Waals surface area contributed by atoms with E-state index in [-0.39, 0.29) is 23.6 Å². The first kappa shape index (κ1) is 25.1. The molecule has 1 aliphatic rings. The van der Waals surface area contributed by atoms with E-state index >= 15 is 0 Å². The molecule has 0 spiro atoms. The van der Waals surface area contributed by atoms with Gasteiger partial charge >= 0.3 is 12.4 Å². The molecular formula is C25H25F3N4O4. The Bertz CT molecular complexity index is 1150. The highest BCUT2D eigenvalue weighted by Crippen LogP contribution is 2.32. The monoisotopic (exact) mass is 502 g/mol. The molecule has 36 heavy (non-hydrogen) atoms. The number of carbonyl (C=O) groups excluding carboxylic acids is 1. The summed E-state index contributed by atoms with van der Waals surface area (Å²) in [4.78, 5) is 12.5. The summed E-state index contributed by atoms with van der Waals surface area (Å²) in [6, 6.07) is 16.2. The Labute approximate surface area is 205 Å². The smallest absolute Gasteiger partial charge is 0.495 e. The molecule has 2 N–H and O–H groups in total. The Hall–Kier alpha value is -4.02. The van der Waals surface area contributed by atoms with Crippen molar-refractivity contribution < 1.29 is 32.2 Å². The maximum absolute atomic E-state index is 12.5. The number of hydrogen-bond donors (Lipinski definition) is 2. The average Bonchev–Trinajstić information content (AvgIpc) is 2.85. The number of alkyl halides is 3. The molecule has 8 nitrogen and oxygen atoms in total. The molecule has 11 heteroatoms. The second-order valence-corrected chi connectivity index (χ2v) is 8.22. The van der Waals surface area contributed by atoms with Crippen LogP contribution in [0.4, 0.5) is 23.7 Å². The van der Waals surface area contributed by atoms with Crippen LogP contribution in [0.5, 0.6) is 17.4 Å². The lowest BCUT2D eigenvalue weighted by Crippen LogP contribution is -2.41. The van der Waals surface area contributed by atoms with Gasteiger partial charge in [-0.15, -0.1) is 23.4 Å². The standard InChI is InChI=1S/C25H25F3N4O4/c1-34-22-13-11-19(36-25(26,27)28)15-21(22)30-24(33)29-17-7-9-18(10-8-17)35-23-14-12-20(31-32-23)16-5-3-2-4-6-16/h2-6,11-15,17-18H,7-10H2,1H3,(H2,29,30,33). The molecule has 1 aliphatic carbocycles. The molecule has 2 amide bonds. The molecule has 1 aromatic heterocycles.